The molecule has 2 aromatic rings. The van der Waals surface area contributed by atoms with Crippen molar-refractivity contribution in [3.8, 4) is 0 Å². The Kier molecular flexibility index (Phi) is 6.75. The van der Waals surface area contributed by atoms with E-state index in [0.717, 1.165) is 11.1 Å². The highest BCUT2D eigenvalue weighted by Crippen LogP contribution is 2.10. The van der Waals surface area contributed by atoms with E-state index in [1.807, 2.05) is 18.2 Å². The van der Waals surface area contributed by atoms with Gasteiger partial charge in [0.1, 0.15) is 12.2 Å². The van der Waals surface area contributed by atoms with Crippen LogP contribution in [0.3, 0.4) is 0 Å². The first-order chi connectivity index (χ1) is 11.5. The lowest BCUT2D eigenvalue weighted by atomic mass is 10.1. The minimum absolute atomic E-state index is 0.239. The molecule has 2 amide bonds. The maximum atomic E-state index is 12.8. The molecule has 0 aliphatic carbocycles. The number of amides is 2. The normalized spacial score (nSPS) is 10.2. The Morgan fingerprint density at radius 1 is 0.958 bits per heavy atom. The third-order valence-electron chi connectivity index (χ3n) is 3.35. The predicted molar refractivity (Wildman–Crippen MR) is 91.0 cm³/mol. The van der Waals surface area contributed by atoms with Crippen molar-refractivity contribution in [2.75, 3.05) is 6.54 Å². The fourth-order valence-corrected chi connectivity index (χ4v) is 2.33. The number of hydrogen-bond donors (Lipinski definition) is 2. The zero-order chi connectivity index (χ0) is 17.4. The van der Waals surface area contributed by atoms with Gasteiger partial charge in [-0.3, -0.25) is 9.59 Å². The third-order valence-corrected chi connectivity index (χ3v) is 3.58. The van der Waals surface area contributed by atoms with Gasteiger partial charge in [-0.1, -0.05) is 35.9 Å². The molecule has 0 radical (unpaired) electrons. The van der Waals surface area contributed by atoms with Gasteiger partial charge in [0, 0.05) is 18.1 Å². The van der Waals surface area contributed by atoms with E-state index in [4.69, 9.17) is 11.6 Å². The fourth-order valence-electron chi connectivity index (χ4n) is 2.11. The summed E-state index contributed by atoms with van der Waals surface area (Å²) in [6, 6.07) is 13.2. The highest BCUT2D eigenvalue weighted by atomic mass is 35.5. The molecular weight excluding hydrogens is 331 g/mol. The molecule has 0 saturated heterocycles. The number of carbonyl (C=O) groups is 2. The maximum Gasteiger partial charge on any atom is 0.229 e. The van der Waals surface area contributed by atoms with Gasteiger partial charge in [0.25, 0.3) is 0 Å². The topological polar surface area (TPSA) is 58.2 Å². The van der Waals surface area contributed by atoms with Crippen molar-refractivity contribution in [2.45, 2.75) is 19.4 Å². The second-order valence-corrected chi connectivity index (χ2v) is 5.75. The van der Waals surface area contributed by atoms with E-state index < -0.39 is 0 Å². The zero-order valence-electron chi connectivity index (χ0n) is 13.0. The number of benzene rings is 2. The Balaban J connectivity index is 1.66. The molecule has 0 spiro atoms. The number of rotatable bonds is 7. The van der Waals surface area contributed by atoms with Crippen molar-refractivity contribution in [3.05, 3.63) is 70.5 Å². The van der Waals surface area contributed by atoms with Gasteiger partial charge in [0.2, 0.25) is 11.8 Å². The fraction of sp³-hybridized carbons (Fsp3) is 0.222. The largest absolute Gasteiger partial charge is 0.355 e. The highest BCUT2D eigenvalue weighted by Gasteiger charge is 2.08. The van der Waals surface area contributed by atoms with Crippen LogP contribution in [0.1, 0.15) is 17.5 Å². The molecule has 2 N–H and O–H groups in total. The molecule has 0 fully saturated rings. The summed E-state index contributed by atoms with van der Waals surface area (Å²) in [5.74, 6) is -1.04. The smallest absolute Gasteiger partial charge is 0.229 e. The van der Waals surface area contributed by atoms with Crippen LogP contribution in [0, 0.1) is 5.82 Å². The van der Waals surface area contributed by atoms with E-state index >= 15 is 0 Å². The molecule has 0 saturated carbocycles. The van der Waals surface area contributed by atoms with Gasteiger partial charge in [0.15, 0.2) is 0 Å². The minimum Gasteiger partial charge on any atom is -0.355 e. The Bertz CT molecular complexity index is 704. The van der Waals surface area contributed by atoms with Gasteiger partial charge < -0.3 is 10.6 Å². The van der Waals surface area contributed by atoms with Crippen molar-refractivity contribution in [1.82, 2.24) is 10.6 Å². The molecule has 0 aliphatic heterocycles. The second-order valence-electron chi connectivity index (χ2n) is 5.31. The van der Waals surface area contributed by atoms with Crippen LogP contribution < -0.4 is 10.6 Å². The van der Waals surface area contributed by atoms with Gasteiger partial charge >= 0.3 is 0 Å². The average molecular weight is 349 g/mol. The average Bonchev–Trinajstić information content (AvgIpc) is 2.54. The summed E-state index contributed by atoms with van der Waals surface area (Å²) >= 11 is 5.89. The molecule has 126 valence electrons. The summed E-state index contributed by atoms with van der Waals surface area (Å²) < 4.78 is 12.8. The van der Waals surface area contributed by atoms with E-state index in [0.29, 0.717) is 18.0 Å². The molecular formula is C18H18ClFN2O2. The van der Waals surface area contributed by atoms with Crippen molar-refractivity contribution >= 4 is 23.4 Å². The molecule has 0 bridgehead atoms. The van der Waals surface area contributed by atoms with Crippen LogP contribution in [-0.2, 0) is 22.6 Å². The van der Waals surface area contributed by atoms with Crippen molar-refractivity contribution in [1.29, 1.82) is 0 Å². The van der Waals surface area contributed by atoms with Crippen molar-refractivity contribution in [3.63, 3.8) is 0 Å². The summed E-state index contributed by atoms with van der Waals surface area (Å²) in [6.45, 7) is 0.694. The SMILES string of the molecule is O=C(CC(=O)NCc1ccc(F)cc1)NCCc1cccc(Cl)c1. The summed E-state index contributed by atoms with van der Waals surface area (Å²) in [5.41, 5.74) is 1.79. The van der Waals surface area contributed by atoms with Gasteiger partial charge in [-0.05, 0) is 41.8 Å². The lowest BCUT2D eigenvalue weighted by molar-refractivity contribution is -0.129. The monoisotopic (exact) mass is 348 g/mol. The standard InChI is InChI=1S/C18H18ClFN2O2/c19-15-3-1-2-13(10-15)8-9-21-17(23)11-18(24)22-12-14-4-6-16(20)7-5-14/h1-7,10H,8-9,11-12H2,(H,21,23)(H,22,24). The van der Waals surface area contributed by atoms with Crippen LogP contribution in [0.15, 0.2) is 48.5 Å². The maximum absolute atomic E-state index is 12.8. The highest BCUT2D eigenvalue weighted by molar-refractivity contribution is 6.30. The van der Waals surface area contributed by atoms with Gasteiger partial charge in [-0.2, -0.15) is 0 Å². The van der Waals surface area contributed by atoms with Crippen molar-refractivity contribution in [2.24, 2.45) is 0 Å². The van der Waals surface area contributed by atoms with E-state index in [2.05, 4.69) is 10.6 Å². The van der Waals surface area contributed by atoms with Crippen LogP contribution in [-0.4, -0.2) is 18.4 Å². The molecule has 2 aromatic carbocycles. The van der Waals surface area contributed by atoms with Crippen LogP contribution in [0.4, 0.5) is 4.39 Å². The summed E-state index contributed by atoms with van der Waals surface area (Å²) in [7, 11) is 0. The van der Waals surface area contributed by atoms with E-state index in [1.54, 1.807) is 18.2 Å². The zero-order valence-corrected chi connectivity index (χ0v) is 13.8. The molecule has 24 heavy (non-hydrogen) atoms. The molecule has 0 atom stereocenters. The predicted octanol–water partition coefficient (Wildman–Crippen LogP) is 2.84. The van der Waals surface area contributed by atoms with Crippen LogP contribution in [0.5, 0.6) is 0 Å². The van der Waals surface area contributed by atoms with E-state index in [9.17, 15) is 14.0 Å². The Morgan fingerprint density at radius 3 is 2.38 bits per heavy atom. The quantitative estimate of drug-likeness (QED) is 0.756. The number of halogens is 2. The lowest BCUT2D eigenvalue weighted by Gasteiger charge is -2.07. The first-order valence-corrected chi connectivity index (χ1v) is 7.93. The Labute approximate surface area is 145 Å². The van der Waals surface area contributed by atoms with Crippen LogP contribution in [0.25, 0.3) is 0 Å². The number of carbonyl (C=O) groups excluding carboxylic acids is 2. The van der Waals surface area contributed by atoms with Gasteiger partial charge in [-0.25, -0.2) is 4.39 Å². The summed E-state index contributed by atoms with van der Waals surface area (Å²) in [6.07, 6.45) is 0.403. The van der Waals surface area contributed by atoms with Gasteiger partial charge in [0.05, 0.1) is 0 Å². The molecule has 4 nitrogen and oxygen atoms in total. The molecule has 0 unspecified atom stereocenters. The van der Waals surface area contributed by atoms with E-state index in [1.165, 1.54) is 12.1 Å². The second kappa shape index (κ2) is 9.03. The third kappa shape index (κ3) is 6.38. The Morgan fingerprint density at radius 2 is 1.67 bits per heavy atom. The summed E-state index contributed by atoms with van der Waals surface area (Å²) in [4.78, 5) is 23.4. The number of nitrogens with one attached hydrogen (secondary N) is 2. The minimum atomic E-state index is -0.375. The Hall–Kier alpha value is -2.40. The molecule has 2 rings (SSSR count). The number of hydrogen-bond acceptors (Lipinski definition) is 2. The molecule has 0 aromatic heterocycles. The summed E-state index contributed by atoms with van der Waals surface area (Å²) in [5, 5.41) is 5.97. The first kappa shape index (κ1) is 17.9. The molecule has 0 aliphatic rings. The van der Waals surface area contributed by atoms with Crippen LogP contribution >= 0.6 is 11.6 Å². The first-order valence-electron chi connectivity index (χ1n) is 7.55. The lowest BCUT2D eigenvalue weighted by Crippen LogP contribution is -2.32. The molecule has 0 heterocycles. The van der Waals surface area contributed by atoms with E-state index in [-0.39, 0.29) is 30.6 Å². The molecule has 6 heteroatoms. The van der Waals surface area contributed by atoms with Gasteiger partial charge in [-0.15, -0.1) is 0 Å². The van der Waals surface area contributed by atoms with Crippen molar-refractivity contribution < 1.29 is 14.0 Å². The van der Waals surface area contributed by atoms with Crippen LogP contribution in [0.2, 0.25) is 5.02 Å².